The summed E-state index contributed by atoms with van der Waals surface area (Å²) in [5, 5.41) is 12.5. The van der Waals surface area contributed by atoms with Crippen LogP contribution in [0.2, 0.25) is 0 Å². The fourth-order valence-electron chi connectivity index (χ4n) is 3.09. The van der Waals surface area contributed by atoms with Crippen molar-refractivity contribution in [2.24, 2.45) is 0 Å². The number of aryl methyl sites for hydroxylation is 2. The van der Waals surface area contributed by atoms with Crippen LogP contribution >= 0.6 is 0 Å². The zero-order chi connectivity index (χ0) is 16.4. The number of hydrogen-bond acceptors (Lipinski definition) is 4. The molecule has 124 valence electrons. The minimum absolute atomic E-state index is 0.230. The first kappa shape index (κ1) is 15.1. The Kier molecular flexibility index (Phi) is 4.13. The molecule has 0 spiro atoms. The first-order chi connectivity index (χ1) is 11.8. The van der Waals surface area contributed by atoms with Crippen LogP contribution in [0.1, 0.15) is 42.8 Å². The van der Waals surface area contributed by atoms with Crippen molar-refractivity contribution in [1.29, 1.82) is 0 Å². The van der Waals surface area contributed by atoms with E-state index < -0.39 is 0 Å². The Labute approximate surface area is 141 Å². The summed E-state index contributed by atoms with van der Waals surface area (Å²) in [4.78, 5) is 4.47. The molecular formula is C18H22N6. The summed E-state index contributed by atoms with van der Waals surface area (Å²) in [7, 11) is 0. The summed E-state index contributed by atoms with van der Waals surface area (Å²) in [6.45, 7) is 4.00. The Morgan fingerprint density at radius 1 is 1.29 bits per heavy atom. The van der Waals surface area contributed by atoms with E-state index in [0.717, 1.165) is 36.6 Å². The fourth-order valence-corrected chi connectivity index (χ4v) is 3.09. The topological polar surface area (TPSA) is 60.6 Å². The second-order valence-electron chi connectivity index (χ2n) is 6.32. The highest BCUT2D eigenvalue weighted by Crippen LogP contribution is 2.19. The molecule has 1 N–H and O–H groups in total. The van der Waals surface area contributed by atoms with Crippen LogP contribution in [0.25, 0.3) is 5.82 Å². The second-order valence-corrected chi connectivity index (χ2v) is 6.32. The molecule has 0 amide bonds. The summed E-state index contributed by atoms with van der Waals surface area (Å²) in [6, 6.07) is 8.44. The first-order valence-corrected chi connectivity index (χ1v) is 8.54. The zero-order valence-electron chi connectivity index (χ0n) is 13.9. The van der Waals surface area contributed by atoms with Gasteiger partial charge in [-0.2, -0.15) is 10.2 Å². The van der Waals surface area contributed by atoms with E-state index in [1.54, 1.807) is 10.9 Å². The maximum absolute atomic E-state index is 4.74. The standard InChI is InChI=1S/C18H22N6/c1-14(17-11-16-5-2-3-9-23(16)22-17)19-12-15-6-7-18(20-13-15)24-10-4-8-21-24/h4,6-8,10-11,13-14,19H,2-3,5,9,12H2,1H3. The van der Waals surface area contributed by atoms with Crippen molar-refractivity contribution in [1.82, 2.24) is 29.9 Å². The molecule has 0 radical (unpaired) electrons. The maximum Gasteiger partial charge on any atom is 0.153 e. The summed E-state index contributed by atoms with van der Waals surface area (Å²) >= 11 is 0. The summed E-state index contributed by atoms with van der Waals surface area (Å²) in [6.07, 6.45) is 9.21. The maximum atomic E-state index is 4.74. The molecule has 1 atom stereocenters. The molecule has 6 nitrogen and oxygen atoms in total. The molecule has 0 saturated carbocycles. The molecule has 1 aliphatic heterocycles. The minimum atomic E-state index is 0.230. The van der Waals surface area contributed by atoms with Gasteiger partial charge in [0, 0.05) is 43.4 Å². The number of rotatable bonds is 5. The van der Waals surface area contributed by atoms with Crippen molar-refractivity contribution in [3.63, 3.8) is 0 Å². The van der Waals surface area contributed by atoms with Gasteiger partial charge in [-0.1, -0.05) is 6.07 Å². The van der Waals surface area contributed by atoms with Gasteiger partial charge < -0.3 is 5.32 Å². The Morgan fingerprint density at radius 3 is 3.00 bits per heavy atom. The van der Waals surface area contributed by atoms with Crippen LogP contribution in [0.3, 0.4) is 0 Å². The van der Waals surface area contributed by atoms with Gasteiger partial charge in [0.05, 0.1) is 5.69 Å². The minimum Gasteiger partial charge on any atom is -0.305 e. The highest BCUT2D eigenvalue weighted by molar-refractivity contribution is 5.24. The Hall–Kier alpha value is -2.47. The zero-order valence-corrected chi connectivity index (χ0v) is 13.9. The molecule has 1 aliphatic rings. The summed E-state index contributed by atoms with van der Waals surface area (Å²) in [5.74, 6) is 0.832. The quantitative estimate of drug-likeness (QED) is 0.784. The van der Waals surface area contributed by atoms with Crippen LogP contribution in [0, 0.1) is 0 Å². The molecule has 0 aliphatic carbocycles. The molecular weight excluding hydrogens is 300 g/mol. The lowest BCUT2D eigenvalue weighted by atomic mass is 10.1. The van der Waals surface area contributed by atoms with Gasteiger partial charge in [0.2, 0.25) is 0 Å². The van der Waals surface area contributed by atoms with Crippen LogP contribution in [0.15, 0.2) is 42.9 Å². The van der Waals surface area contributed by atoms with Crippen LogP contribution in [0.5, 0.6) is 0 Å². The Bertz CT molecular complexity index is 764. The van der Waals surface area contributed by atoms with Gasteiger partial charge >= 0.3 is 0 Å². The van der Waals surface area contributed by atoms with Gasteiger partial charge in [-0.15, -0.1) is 0 Å². The molecule has 4 rings (SSSR count). The number of nitrogens with zero attached hydrogens (tertiary/aromatic N) is 5. The molecule has 6 heteroatoms. The number of hydrogen-bond donors (Lipinski definition) is 1. The molecule has 4 heterocycles. The molecule has 3 aromatic rings. The van der Waals surface area contributed by atoms with E-state index in [1.165, 1.54) is 18.5 Å². The SMILES string of the molecule is CC(NCc1ccc(-n2cccn2)nc1)c1cc2n(n1)CCCC2. The van der Waals surface area contributed by atoms with Crippen LogP contribution in [-0.2, 0) is 19.5 Å². The van der Waals surface area contributed by atoms with Crippen LogP contribution in [-0.4, -0.2) is 24.5 Å². The predicted octanol–water partition coefficient (Wildman–Crippen LogP) is 2.65. The summed E-state index contributed by atoms with van der Waals surface area (Å²) < 4.78 is 3.92. The summed E-state index contributed by atoms with van der Waals surface area (Å²) in [5.41, 5.74) is 3.66. The molecule has 24 heavy (non-hydrogen) atoms. The lowest BCUT2D eigenvalue weighted by Crippen LogP contribution is -2.19. The lowest BCUT2D eigenvalue weighted by molar-refractivity contribution is 0.474. The lowest BCUT2D eigenvalue weighted by Gasteiger charge is -2.12. The van der Waals surface area contributed by atoms with Crippen LogP contribution in [0.4, 0.5) is 0 Å². The number of pyridine rings is 1. The van der Waals surface area contributed by atoms with Crippen molar-refractivity contribution in [2.45, 2.75) is 45.3 Å². The monoisotopic (exact) mass is 322 g/mol. The number of aromatic nitrogens is 5. The van der Waals surface area contributed by atoms with Crippen molar-refractivity contribution in [3.8, 4) is 5.82 Å². The predicted molar refractivity (Wildman–Crippen MR) is 91.8 cm³/mol. The van der Waals surface area contributed by atoms with Gasteiger partial charge in [0.15, 0.2) is 5.82 Å². The normalized spacial score (nSPS) is 15.2. The van der Waals surface area contributed by atoms with Gasteiger partial charge in [-0.3, -0.25) is 4.68 Å². The largest absolute Gasteiger partial charge is 0.305 e. The third kappa shape index (κ3) is 3.10. The fraction of sp³-hybridized carbons (Fsp3) is 0.389. The van der Waals surface area contributed by atoms with E-state index in [0.29, 0.717) is 0 Å². The highest BCUT2D eigenvalue weighted by atomic mass is 15.3. The smallest absolute Gasteiger partial charge is 0.153 e. The van der Waals surface area contributed by atoms with E-state index in [-0.39, 0.29) is 6.04 Å². The van der Waals surface area contributed by atoms with E-state index >= 15 is 0 Å². The molecule has 0 aromatic carbocycles. The van der Waals surface area contributed by atoms with E-state index in [4.69, 9.17) is 5.10 Å². The van der Waals surface area contributed by atoms with E-state index in [1.807, 2.05) is 24.5 Å². The average molecular weight is 322 g/mol. The molecule has 0 fully saturated rings. The van der Waals surface area contributed by atoms with Gasteiger partial charge in [-0.25, -0.2) is 9.67 Å². The van der Waals surface area contributed by atoms with Crippen molar-refractivity contribution in [3.05, 3.63) is 59.8 Å². The van der Waals surface area contributed by atoms with E-state index in [2.05, 4.69) is 39.1 Å². The van der Waals surface area contributed by atoms with Crippen LogP contribution < -0.4 is 5.32 Å². The van der Waals surface area contributed by atoms with Gasteiger partial charge in [0.1, 0.15) is 0 Å². The third-order valence-corrected chi connectivity index (χ3v) is 4.54. The molecule has 0 bridgehead atoms. The van der Waals surface area contributed by atoms with E-state index in [9.17, 15) is 0 Å². The Balaban J connectivity index is 1.38. The third-order valence-electron chi connectivity index (χ3n) is 4.54. The second kappa shape index (κ2) is 6.57. The average Bonchev–Trinajstić information content (AvgIpc) is 3.29. The molecule has 3 aromatic heterocycles. The number of fused-ring (bicyclic) bond motifs is 1. The highest BCUT2D eigenvalue weighted by Gasteiger charge is 2.15. The van der Waals surface area contributed by atoms with Gasteiger partial charge in [0.25, 0.3) is 0 Å². The van der Waals surface area contributed by atoms with Crippen molar-refractivity contribution < 1.29 is 0 Å². The van der Waals surface area contributed by atoms with Gasteiger partial charge in [-0.05, 0) is 49.9 Å². The van der Waals surface area contributed by atoms with Crippen molar-refractivity contribution in [2.75, 3.05) is 0 Å². The Morgan fingerprint density at radius 2 is 2.25 bits per heavy atom. The molecule has 1 unspecified atom stereocenters. The first-order valence-electron chi connectivity index (χ1n) is 8.54. The molecule has 0 saturated heterocycles. The number of nitrogens with one attached hydrogen (secondary N) is 1. The van der Waals surface area contributed by atoms with Crippen molar-refractivity contribution >= 4 is 0 Å².